The van der Waals surface area contributed by atoms with Gasteiger partial charge in [-0.05, 0) is 54.6 Å². The third-order valence-corrected chi connectivity index (χ3v) is 6.99. The fourth-order valence-corrected chi connectivity index (χ4v) is 5.26. The topological polar surface area (TPSA) is 56.6 Å². The molecule has 33 heavy (non-hydrogen) atoms. The maximum Gasteiger partial charge on any atom is 0.258 e. The van der Waals surface area contributed by atoms with Crippen LogP contribution in [0.25, 0.3) is 16.9 Å². The number of likely N-dealkylation sites (tertiary alicyclic amines) is 1. The number of carbonyl (C=O) groups is 1. The van der Waals surface area contributed by atoms with Crippen molar-refractivity contribution in [3.05, 3.63) is 82.7 Å². The van der Waals surface area contributed by atoms with Crippen LogP contribution < -0.4 is 9.47 Å². The molecule has 0 spiro atoms. The number of carbonyl (C=O) groups excluding carboxylic acids is 1. The van der Waals surface area contributed by atoms with Crippen molar-refractivity contribution in [3.8, 4) is 28.4 Å². The summed E-state index contributed by atoms with van der Waals surface area (Å²) in [5, 5.41) is 6.92. The van der Waals surface area contributed by atoms with E-state index in [0.29, 0.717) is 22.8 Å². The van der Waals surface area contributed by atoms with Crippen LogP contribution in [0.1, 0.15) is 34.1 Å². The van der Waals surface area contributed by atoms with Gasteiger partial charge in [0.1, 0.15) is 17.2 Å². The highest BCUT2D eigenvalue weighted by Gasteiger charge is 2.34. The predicted octanol–water partition coefficient (Wildman–Crippen LogP) is 5.60. The Morgan fingerprint density at radius 1 is 1.06 bits per heavy atom. The van der Waals surface area contributed by atoms with Gasteiger partial charge in [0.15, 0.2) is 0 Å². The summed E-state index contributed by atoms with van der Waals surface area (Å²) in [4.78, 5) is 17.2. The minimum absolute atomic E-state index is 0.0204. The molecule has 2 aromatic heterocycles. The summed E-state index contributed by atoms with van der Waals surface area (Å²) in [6, 6.07) is 19.6. The van der Waals surface area contributed by atoms with Gasteiger partial charge >= 0.3 is 0 Å². The van der Waals surface area contributed by atoms with Crippen molar-refractivity contribution in [2.45, 2.75) is 18.9 Å². The van der Waals surface area contributed by atoms with Crippen LogP contribution in [0, 0.1) is 0 Å². The Balaban J connectivity index is 1.64. The summed E-state index contributed by atoms with van der Waals surface area (Å²) in [6.45, 7) is 0.729. The lowest BCUT2D eigenvalue weighted by Crippen LogP contribution is -2.30. The smallest absolute Gasteiger partial charge is 0.258 e. The van der Waals surface area contributed by atoms with Gasteiger partial charge in [0.05, 0.1) is 31.5 Å². The van der Waals surface area contributed by atoms with Crippen molar-refractivity contribution in [1.29, 1.82) is 0 Å². The molecule has 1 atom stereocenters. The number of benzene rings is 2. The average Bonchev–Trinajstić information content (AvgIpc) is 3.64. The molecule has 0 saturated carbocycles. The van der Waals surface area contributed by atoms with Crippen LogP contribution in [0.2, 0.25) is 0 Å². The highest BCUT2D eigenvalue weighted by atomic mass is 32.1. The summed E-state index contributed by atoms with van der Waals surface area (Å²) in [5.41, 5.74) is 2.74. The number of aromatic nitrogens is 2. The third kappa shape index (κ3) is 4.00. The number of rotatable bonds is 6. The Bertz CT molecular complexity index is 1250. The van der Waals surface area contributed by atoms with E-state index >= 15 is 0 Å². The Labute approximate surface area is 197 Å². The zero-order chi connectivity index (χ0) is 22.8. The zero-order valence-electron chi connectivity index (χ0n) is 18.6. The first-order valence-electron chi connectivity index (χ1n) is 10.9. The van der Waals surface area contributed by atoms with Gasteiger partial charge in [0.2, 0.25) is 0 Å². The van der Waals surface area contributed by atoms with Gasteiger partial charge < -0.3 is 14.4 Å². The van der Waals surface area contributed by atoms with Gasteiger partial charge in [-0.15, -0.1) is 11.3 Å². The van der Waals surface area contributed by atoms with Crippen LogP contribution in [0.5, 0.6) is 11.5 Å². The van der Waals surface area contributed by atoms with Gasteiger partial charge in [-0.2, -0.15) is 5.10 Å². The second kappa shape index (κ2) is 9.11. The van der Waals surface area contributed by atoms with E-state index in [4.69, 9.17) is 14.6 Å². The molecule has 5 rings (SSSR count). The summed E-state index contributed by atoms with van der Waals surface area (Å²) in [7, 11) is 3.24. The van der Waals surface area contributed by atoms with Gasteiger partial charge in [-0.3, -0.25) is 4.79 Å². The van der Waals surface area contributed by atoms with Gasteiger partial charge in [-0.1, -0.05) is 24.3 Å². The Hall–Kier alpha value is -3.58. The number of nitrogens with zero attached hydrogens (tertiary/aromatic N) is 3. The lowest BCUT2D eigenvalue weighted by Gasteiger charge is -2.24. The standard InChI is InChI=1S/C26H25N3O3S/c1-31-19-12-13-23(32-2)20(16-19)25-21(17-29(27-25)18-8-4-3-5-9-18)26(30)28-14-6-10-22(28)24-11-7-15-33-24/h3-5,7-9,11-13,15-17,22H,6,10,14H2,1-2H3. The van der Waals surface area contributed by atoms with E-state index in [0.717, 1.165) is 30.6 Å². The van der Waals surface area contributed by atoms with Crippen molar-refractivity contribution in [2.75, 3.05) is 20.8 Å². The molecule has 2 aromatic carbocycles. The third-order valence-electron chi connectivity index (χ3n) is 6.01. The van der Waals surface area contributed by atoms with Crippen molar-refractivity contribution >= 4 is 17.2 Å². The first-order valence-corrected chi connectivity index (χ1v) is 11.8. The van der Waals surface area contributed by atoms with E-state index in [1.165, 1.54) is 4.88 Å². The van der Waals surface area contributed by atoms with Crippen molar-refractivity contribution in [2.24, 2.45) is 0 Å². The van der Waals surface area contributed by atoms with Crippen LogP contribution in [0.3, 0.4) is 0 Å². The molecule has 1 aliphatic heterocycles. The van der Waals surface area contributed by atoms with E-state index in [1.54, 1.807) is 30.2 Å². The molecule has 1 aliphatic rings. The molecule has 7 heteroatoms. The largest absolute Gasteiger partial charge is 0.497 e. The molecule has 1 unspecified atom stereocenters. The molecule has 3 heterocycles. The molecule has 0 bridgehead atoms. The van der Waals surface area contributed by atoms with E-state index < -0.39 is 0 Å². The highest BCUT2D eigenvalue weighted by molar-refractivity contribution is 7.10. The van der Waals surface area contributed by atoms with E-state index in [1.807, 2.05) is 65.7 Å². The lowest BCUT2D eigenvalue weighted by molar-refractivity contribution is 0.0738. The lowest BCUT2D eigenvalue weighted by atomic mass is 10.0. The second-order valence-electron chi connectivity index (χ2n) is 7.91. The molecule has 1 saturated heterocycles. The zero-order valence-corrected chi connectivity index (χ0v) is 19.4. The first-order chi connectivity index (χ1) is 16.2. The monoisotopic (exact) mass is 459 g/mol. The molecule has 1 amide bonds. The van der Waals surface area contributed by atoms with Crippen molar-refractivity contribution in [1.82, 2.24) is 14.7 Å². The van der Waals surface area contributed by atoms with Crippen LogP contribution in [0.15, 0.2) is 72.2 Å². The predicted molar refractivity (Wildman–Crippen MR) is 129 cm³/mol. The van der Waals surface area contributed by atoms with Crippen molar-refractivity contribution in [3.63, 3.8) is 0 Å². The first kappa shape index (κ1) is 21.3. The fraction of sp³-hybridized carbons (Fsp3) is 0.231. The van der Waals surface area contributed by atoms with Gasteiger partial charge in [0.25, 0.3) is 5.91 Å². The van der Waals surface area contributed by atoms with Crippen LogP contribution in [-0.2, 0) is 0 Å². The number of hydrogen-bond donors (Lipinski definition) is 0. The molecule has 6 nitrogen and oxygen atoms in total. The number of amides is 1. The minimum atomic E-state index is -0.0204. The van der Waals surface area contributed by atoms with Gasteiger partial charge in [-0.25, -0.2) is 4.68 Å². The maximum atomic E-state index is 14.0. The highest BCUT2D eigenvalue weighted by Crippen LogP contribution is 2.39. The van der Waals surface area contributed by atoms with Gasteiger partial charge in [0, 0.05) is 23.2 Å². The molecular weight excluding hydrogens is 434 g/mol. The maximum absolute atomic E-state index is 14.0. The normalized spacial score (nSPS) is 15.6. The number of para-hydroxylation sites is 1. The number of ether oxygens (including phenoxy) is 2. The molecule has 0 aliphatic carbocycles. The van der Waals surface area contributed by atoms with Crippen LogP contribution in [-0.4, -0.2) is 41.4 Å². The average molecular weight is 460 g/mol. The minimum Gasteiger partial charge on any atom is -0.497 e. The SMILES string of the molecule is COc1ccc(OC)c(-c2nn(-c3ccccc3)cc2C(=O)N2CCCC2c2cccs2)c1. The molecule has 1 fully saturated rings. The van der Waals surface area contributed by atoms with Crippen LogP contribution in [0.4, 0.5) is 0 Å². The summed E-state index contributed by atoms with van der Waals surface area (Å²) in [6.07, 6.45) is 3.78. The number of methoxy groups -OCH3 is 2. The molecule has 168 valence electrons. The van der Waals surface area contributed by atoms with E-state index in [9.17, 15) is 4.79 Å². The molecule has 0 N–H and O–H groups in total. The van der Waals surface area contributed by atoms with Crippen molar-refractivity contribution < 1.29 is 14.3 Å². The second-order valence-corrected chi connectivity index (χ2v) is 8.89. The molecular formula is C26H25N3O3S. The Morgan fingerprint density at radius 3 is 2.64 bits per heavy atom. The van der Waals surface area contributed by atoms with E-state index in [2.05, 4.69) is 11.4 Å². The molecule has 4 aromatic rings. The Kier molecular flexibility index (Phi) is 5.88. The number of hydrogen-bond acceptors (Lipinski definition) is 5. The summed E-state index contributed by atoms with van der Waals surface area (Å²) >= 11 is 1.70. The molecule has 0 radical (unpaired) electrons. The number of thiophene rings is 1. The summed E-state index contributed by atoms with van der Waals surface area (Å²) < 4.78 is 12.8. The fourth-order valence-electron chi connectivity index (χ4n) is 4.38. The van der Waals surface area contributed by atoms with Crippen LogP contribution >= 0.6 is 11.3 Å². The Morgan fingerprint density at radius 2 is 1.91 bits per heavy atom. The summed E-state index contributed by atoms with van der Waals surface area (Å²) in [5.74, 6) is 1.29. The quantitative estimate of drug-likeness (QED) is 0.377. The van der Waals surface area contributed by atoms with E-state index in [-0.39, 0.29) is 11.9 Å².